The minimum Gasteiger partial charge on any atom is -0.492 e. The van der Waals surface area contributed by atoms with Gasteiger partial charge in [0.15, 0.2) is 0 Å². The van der Waals surface area contributed by atoms with Crippen LogP contribution in [0.25, 0.3) is 10.9 Å². The number of nitrogens with zero attached hydrogens (tertiary/aromatic N) is 3. The normalized spacial score (nSPS) is 10.7. The van der Waals surface area contributed by atoms with Gasteiger partial charge >= 0.3 is 0 Å². The van der Waals surface area contributed by atoms with Gasteiger partial charge in [0, 0.05) is 12.4 Å². The molecule has 0 aliphatic heterocycles. The number of anilines is 1. The quantitative estimate of drug-likeness (QED) is 0.723. The number of likely N-dealkylation sites (N-methyl/N-ethyl adjacent to an activating group) is 1. The molecule has 2 aromatic carbocycles. The highest BCUT2D eigenvalue weighted by Crippen LogP contribution is 2.22. The van der Waals surface area contributed by atoms with E-state index in [-0.39, 0.29) is 11.6 Å². The van der Waals surface area contributed by atoms with Crippen molar-refractivity contribution in [3.63, 3.8) is 0 Å². The van der Waals surface area contributed by atoms with Crippen LogP contribution in [0.3, 0.4) is 0 Å². The van der Waals surface area contributed by atoms with Gasteiger partial charge in [-0.05, 0) is 42.5 Å². The molecule has 0 radical (unpaired) electrons. The van der Waals surface area contributed by atoms with Crippen LogP contribution in [0.4, 0.5) is 14.6 Å². The van der Waals surface area contributed by atoms with Crippen LogP contribution in [0.2, 0.25) is 0 Å². The molecule has 6 heteroatoms. The first-order valence-corrected chi connectivity index (χ1v) is 7.13. The van der Waals surface area contributed by atoms with Gasteiger partial charge in [0.2, 0.25) is 0 Å². The van der Waals surface area contributed by atoms with Gasteiger partial charge in [-0.3, -0.25) is 0 Å². The van der Waals surface area contributed by atoms with E-state index in [1.807, 2.05) is 11.9 Å². The molecule has 0 saturated carbocycles. The van der Waals surface area contributed by atoms with Crippen LogP contribution >= 0.6 is 0 Å². The molecule has 4 nitrogen and oxygen atoms in total. The third kappa shape index (κ3) is 3.53. The van der Waals surface area contributed by atoms with Crippen molar-refractivity contribution in [2.24, 2.45) is 0 Å². The van der Waals surface area contributed by atoms with Crippen molar-refractivity contribution in [1.29, 1.82) is 0 Å². The SMILES string of the molecule is CN(CCOc1ccc(F)cc1)c1ncnc2ccc(F)cc12. The van der Waals surface area contributed by atoms with Gasteiger partial charge in [-0.15, -0.1) is 0 Å². The third-order valence-corrected chi connectivity index (χ3v) is 3.45. The van der Waals surface area contributed by atoms with E-state index in [2.05, 4.69) is 9.97 Å². The van der Waals surface area contributed by atoms with Crippen molar-refractivity contribution in [2.45, 2.75) is 0 Å². The minimum absolute atomic E-state index is 0.302. The van der Waals surface area contributed by atoms with Crippen molar-refractivity contribution >= 4 is 16.7 Å². The average Bonchev–Trinajstić information content (AvgIpc) is 2.56. The topological polar surface area (TPSA) is 38.2 Å². The van der Waals surface area contributed by atoms with Gasteiger partial charge in [0.05, 0.1) is 12.1 Å². The zero-order chi connectivity index (χ0) is 16.2. The van der Waals surface area contributed by atoms with Gasteiger partial charge in [-0.25, -0.2) is 18.7 Å². The fourth-order valence-corrected chi connectivity index (χ4v) is 2.26. The Morgan fingerprint density at radius 1 is 1.00 bits per heavy atom. The Morgan fingerprint density at radius 2 is 1.74 bits per heavy atom. The van der Waals surface area contributed by atoms with Crippen molar-refractivity contribution in [3.8, 4) is 5.75 Å². The molecule has 1 heterocycles. The maximum atomic E-state index is 13.5. The Morgan fingerprint density at radius 3 is 2.52 bits per heavy atom. The highest BCUT2D eigenvalue weighted by atomic mass is 19.1. The van der Waals surface area contributed by atoms with Crippen molar-refractivity contribution in [1.82, 2.24) is 9.97 Å². The lowest BCUT2D eigenvalue weighted by Gasteiger charge is -2.19. The minimum atomic E-state index is -0.329. The van der Waals surface area contributed by atoms with E-state index in [9.17, 15) is 8.78 Å². The smallest absolute Gasteiger partial charge is 0.139 e. The standard InChI is InChI=1S/C17H15F2N3O/c1-22(8-9-23-14-5-2-12(18)3-6-14)17-15-10-13(19)4-7-16(15)20-11-21-17/h2-7,10-11H,8-9H2,1H3. The highest BCUT2D eigenvalue weighted by molar-refractivity contribution is 5.89. The van der Waals surface area contributed by atoms with E-state index in [4.69, 9.17) is 4.74 Å². The van der Waals surface area contributed by atoms with Crippen LogP contribution in [0.5, 0.6) is 5.75 Å². The number of rotatable bonds is 5. The Bertz CT molecular complexity index is 809. The monoisotopic (exact) mass is 315 g/mol. The molecular formula is C17H15F2N3O. The summed E-state index contributed by atoms with van der Waals surface area (Å²) in [5.74, 6) is 0.601. The lowest BCUT2D eigenvalue weighted by Crippen LogP contribution is -2.25. The summed E-state index contributed by atoms with van der Waals surface area (Å²) in [6.07, 6.45) is 1.45. The molecule has 23 heavy (non-hydrogen) atoms. The fourth-order valence-electron chi connectivity index (χ4n) is 2.26. The average molecular weight is 315 g/mol. The molecular weight excluding hydrogens is 300 g/mol. The Balaban J connectivity index is 1.69. The maximum absolute atomic E-state index is 13.5. The van der Waals surface area contributed by atoms with Crippen LogP contribution in [-0.2, 0) is 0 Å². The molecule has 0 atom stereocenters. The second kappa shape index (κ2) is 6.56. The predicted octanol–water partition coefficient (Wildman–Crippen LogP) is 3.42. The van der Waals surface area contributed by atoms with Gasteiger partial charge in [-0.2, -0.15) is 0 Å². The summed E-state index contributed by atoms with van der Waals surface area (Å²) in [5.41, 5.74) is 0.683. The molecule has 0 aliphatic carbocycles. The summed E-state index contributed by atoms with van der Waals surface area (Å²) in [7, 11) is 1.85. The summed E-state index contributed by atoms with van der Waals surface area (Å²) >= 11 is 0. The highest BCUT2D eigenvalue weighted by Gasteiger charge is 2.09. The van der Waals surface area contributed by atoms with E-state index >= 15 is 0 Å². The molecule has 1 aromatic heterocycles. The van der Waals surface area contributed by atoms with Gasteiger partial charge in [0.1, 0.15) is 36.1 Å². The van der Waals surface area contributed by atoms with Crippen molar-refractivity contribution in [2.75, 3.05) is 25.1 Å². The molecule has 0 fully saturated rings. The molecule has 3 rings (SSSR count). The number of hydrogen-bond acceptors (Lipinski definition) is 4. The first-order chi connectivity index (χ1) is 11.1. The van der Waals surface area contributed by atoms with Gasteiger partial charge in [0.25, 0.3) is 0 Å². The number of hydrogen-bond donors (Lipinski definition) is 0. The van der Waals surface area contributed by atoms with E-state index in [1.165, 1.54) is 30.6 Å². The van der Waals surface area contributed by atoms with E-state index in [1.54, 1.807) is 18.2 Å². The lowest BCUT2D eigenvalue weighted by atomic mass is 10.2. The third-order valence-electron chi connectivity index (χ3n) is 3.45. The fraction of sp³-hybridized carbons (Fsp3) is 0.176. The molecule has 0 aliphatic rings. The lowest BCUT2D eigenvalue weighted by molar-refractivity contribution is 0.325. The zero-order valence-corrected chi connectivity index (χ0v) is 12.5. The zero-order valence-electron chi connectivity index (χ0n) is 12.5. The van der Waals surface area contributed by atoms with Crippen LogP contribution < -0.4 is 9.64 Å². The molecule has 0 bridgehead atoms. The molecule has 0 saturated heterocycles. The van der Waals surface area contributed by atoms with Gasteiger partial charge in [-0.1, -0.05) is 0 Å². The first-order valence-electron chi connectivity index (χ1n) is 7.13. The first kappa shape index (κ1) is 15.1. The number of ether oxygens (including phenoxy) is 1. The maximum Gasteiger partial charge on any atom is 0.139 e. The molecule has 0 unspecified atom stereocenters. The predicted molar refractivity (Wildman–Crippen MR) is 84.7 cm³/mol. The van der Waals surface area contributed by atoms with Crippen molar-refractivity contribution in [3.05, 3.63) is 60.4 Å². The number of aromatic nitrogens is 2. The number of halogens is 2. The molecule has 0 N–H and O–H groups in total. The number of fused-ring (bicyclic) bond motifs is 1. The van der Waals surface area contributed by atoms with Crippen LogP contribution in [0.15, 0.2) is 48.8 Å². The van der Waals surface area contributed by atoms with Crippen LogP contribution in [0.1, 0.15) is 0 Å². The molecule has 0 amide bonds. The van der Waals surface area contributed by atoms with Crippen LogP contribution in [0, 0.1) is 11.6 Å². The largest absolute Gasteiger partial charge is 0.492 e. The Kier molecular flexibility index (Phi) is 4.32. The number of benzene rings is 2. The van der Waals surface area contributed by atoms with E-state index in [0.717, 1.165) is 0 Å². The Labute approximate surface area is 132 Å². The summed E-state index contributed by atoms with van der Waals surface area (Å²) in [4.78, 5) is 10.2. The summed E-state index contributed by atoms with van der Waals surface area (Å²) in [6, 6.07) is 10.3. The van der Waals surface area contributed by atoms with Crippen LogP contribution in [-0.4, -0.2) is 30.2 Å². The Hall–Kier alpha value is -2.76. The summed E-state index contributed by atoms with van der Waals surface area (Å²) in [6.45, 7) is 0.933. The van der Waals surface area contributed by atoms with E-state index in [0.29, 0.717) is 35.6 Å². The summed E-state index contributed by atoms with van der Waals surface area (Å²) < 4.78 is 31.9. The molecule has 3 aromatic rings. The summed E-state index contributed by atoms with van der Waals surface area (Å²) in [5, 5.41) is 0.650. The molecule has 0 spiro atoms. The second-order valence-corrected chi connectivity index (χ2v) is 5.08. The van der Waals surface area contributed by atoms with Crippen molar-refractivity contribution < 1.29 is 13.5 Å². The van der Waals surface area contributed by atoms with E-state index < -0.39 is 0 Å². The van der Waals surface area contributed by atoms with Gasteiger partial charge < -0.3 is 9.64 Å². The second-order valence-electron chi connectivity index (χ2n) is 5.08. The molecule has 118 valence electrons.